The molecule has 4 rings (SSSR count). The van der Waals surface area contributed by atoms with Crippen molar-refractivity contribution in [2.45, 2.75) is 17.4 Å². The first-order chi connectivity index (χ1) is 15.3. The number of nitrogens with zero attached hydrogens (tertiary/aromatic N) is 2. The van der Waals surface area contributed by atoms with Crippen molar-refractivity contribution >= 4 is 49.9 Å². The molecule has 9 nitrogen and oxygen atoms in total. The number of hydrogen-bond acceptors (Lipinski definition) is 7. The van der Waals surface area contributed by atoms with E-state index in [1.165, 1.54) is 53.6 Å². The van der Waals surface area contributed by atoms with E-state index in [4.69, 9.17) is 4.74 Å². The quantitative estimate of drug-likeness (QED) is 0.552. The van der Waals surface area contributed by atoms with E-state index < -0.39 is 33.9 Å². The molecule has 3 aromatic rings. The smallest absolute Gasteiger partial charge is 0.412 e. The van der Waals surface area contributed by atoms with Crippen LogP contribution in [0.5, 0.6) is 0 Å². The Morgan fingerprint density at radius 1 is 1.25 bits per heavy atom. The molecule has 0 radical (unpaired) electrons. The van der Waals surface area contributed by atoms with Gasteiger partial charge in [0.05, 0.1) is 4.90 Å². The molecule has 0 bridgehead atoms. The number of anilines is 3. The predicted molar refractivity (Wildman–Crippen MR) is 121 cm³/mol. The number of hydrogen-bond donors (Lipinski definition) is 2. The monoisotopic (exact) mass is 480 g/mol. The number of thiazole rings is 1. The van der Waals surface area contributed by atoms with E-state index in [1.807, 2.05) is 0 Å². The lowest BCUT2D eigenvalue weighted by Crippen LogP contribution is -2.33. The number of ether oxygens (including phenoxy) is 1. The Kier molecular flexibility index (Phi) is 6.06. The zero-order chi connectivity index (χ0) is 22.7. The largest absolute Gasteiger partial charge is 0.436 e. The summed E-state index contributed by atoms with van der Waals surface area (Å²) >= 11 is 1.15. The van der Waals surface area contributed by atoms with Gasteiger partial charge in [0, 0.05) is 38.8 Å². The number of nitrogens with one attached hydrogen (secondary N) is 2. The number of benzene rings is 2. The van der Waals surface area contributed by atoms with Gasteiger partial charge < -0.3 is 9.64 Å². The molecule has 1 aromatic heterocycles. The number of amides is 2. The van der Waals surface area contributed by atoms with Crippen LogP contribution in [0.4, 0.5) is 25.7 Å². The van der Waals surface area contributed by atoms with Crippen LogP contribution in [0.3, 0.4) is 0 Å². The molecule has 2 heterocycles. The van der Waals surface area contributed by atoms with E-state index in [0.29, 0.717) is 12.2 Å². The molecule has 0 spiro atoms. The summed E-state index contributed by atoms with van der Waals surface area (Å²) in [6, 6.07) is 11.1. The molecule has 1 aliphatic rings. The topological polar surface area (TPSA) is 118 Å². The van der Waals surface area contributed by atoms with Crippen molar-refractivity contribution in [2.24, 2.45) is 0 Å². The van der Waals surface area contributed by atoms with Gasteiger partial charge in [0.15, 0.2) is 11.2 Å². The number of rotatable bonds is 6. The molecular formula is C20H21FN4O5S2. The van der Waals surface area contributed by atoms with Gasteiger partial charge in [-0.25, -0.2) is 22.6 Å². The highest BCUT2D eigenvalue weighted by atomic mass is 32.2. The SMILES string of the molecule is O=C(Nc1cccc(F)c1)O[C@H]1CCN(c2ccc(S(=O)(=O)Nc3nccs3)cc2)C1=O.[HH].[HH]. The lowest BCUT2D eigenvalue weighted by atomic mass is 10.3. The molecule has 1 atom stereocenters. The highest BCUT2D eigenvalue weighted by molar-refractivity contribution is 7.93. The third kappa shape index (κ3) is 4.86. The Bertz CT molecular complexity index is 1240. The summed E-state index contributed by atoms with van der Waals surface area (Å²) in [5.41, 5.74) is 0.681. The summed E-state index contributed by atoms with van der Waals surface area (Å²) in [5.74, 6) is -0.950. The minimum atomic E-state index is -3.81. The van der Waals surface area contributed by atoms with Gasteiger partial charge in [0.25, 0.3) is 15.9 Å². The molecule has 2 amide bonds. The normalized spacial score (nSPS) is 16.1. The maximum absolute atomic E-state index is 13.2. The van der Waals surface area contributed by atoms with Crippen LogP contribution in [0.15, 0.2) is 65.0 Å². The molecule has 2 aromatic carbocycles. The van der Waals surface area contributed by atoms with Gasteiger partial charge in [0.1, 0.15) is 5.82 Å². The Labute approximate surface area is 189 Å². The molecule has 32 heavy (non-hydrogen) atoms. The average Bonchev–Trinajstić information content (AvgIpc) is 3.38. The van der Waals surface area contributed by atoms with Gasteiger partial charge in [-0.2, -0.15) is 0 Å². The number of carbonyl (C=O) groups excluding carboxylic acids is 2. The maximum atomic E-state index is 13.2. The standard InChI is InChI=1S/C20H17FN4O5S2.2H2/c21-13-2-1-3-14(12-13)23-20(27)30-17-8-10-25(18(17)26)15-4-6-16(7-5-15)32(28,29)24-19-22-9-11-31-19;;/h1-7,9,11-12,17H,8,10H2,(H,22,24)(H,23,27);2*1H/t17-;;/m0../s1. The minimum Gasteiger partial charge on any atom is -0.436 e. The summed E-state index contributed by atoms with van der Waals surface area (Å²) in [6.45, 7) is 0.292. The van der Waals surface area contributed by atoms with Crippen LogP contribution >= 0.6 is 11.3 Å². The van der Waals surface area contributed by atoms with E-state index in [0.717, 1.165) is 17.4 Å². The fraction of sp³-hybridized carbons (Fsp3) is 0.150. The molecule has 170 valence electrons. The third-order valence-corrected chi connectivity index (χ3v) is 6.76. The van der Waals surface area contributed by atoms with Crippen LogP contribution in [-0.4, -0.2) is 38.1 Å². The summed E-state index contributed by atoms with van der Waals surface area (Å²) in [7, 11) is -3.81. The van der Waals surface area contributed by atoms with Crippen molar-refractivity contribution in [1.29, 1.82) is 0 Å². The first kappa shape index (κ1) is 21.7. The number of halogens is 1. The molecule has 2 N–H and O–H groups in total. The van der Waals surface area contributed by atoms with Gasteiger partial charge >= 0.3 is 6.09 Å². The van der Waals surface area contributed by atoms with Crippen LogP contribution in [-0.2, 0) is 19.6 Å². The third-order valence-electron chi connectivity index (χ3n) is 4.59. The van der Waals surface area contributed by atoms with E-state index in [2.05, 4.69) is 15.0 Å². The van der Waals surface area contributed by atoms with E-state index in [9.17, 15) is 22.4 Å². The fourth-order valence-corrected chi connectivity index (χ4v) is 4.90. The van der Waals surface area contributed by atoms with E-state index in [1.54, 1.807) is 5.38 Å². The zero-order valence-electron chi connectivity index (χ0n) is 16.4. The summed E-state index contributed by atoms with van der Waals surface area (Å²) < 4.78 is 45.6. The summed E-state index contributed by atoms with van der Waals surface area (Å²) in [4.78, 5) is 30.0. The van der Waals surface area contributed by atoms with Crippen molar-refractivity contribution in [3.63, 3.8) is 0 Å². The van der Waals surface area contributed by atoms with Crippen molar-refractivity contribution in [3.05, 3.63) is 65.9 Å². The molecule has 0 aliphatic carbocycles. The second kappa shape index (κ2) is 8.93. The highest BCUT2D eigenvalue weighted by Crippen LogP contribution is 2.26. The molecular weight excluding hydrogens is 459 g/mol. The van der Waals surface area contributed by atoms with Crippen LogP contribution in [0, 0.1) is 5.82 Å². The first-order valence-electron chi connectivity index (χ1n) is 9.39. The van der Waals surface area contributed by atoms with Gasteiger partial charge in [-0.1, -0.05) is 6.07 Å². The first-order valence-corrected chi connectivity index (χ1v) is 11.7. The number of sulfonamides is 1. The van der Waals surface area contributed by atoms with E-state index in [-0.39, 0.29) is 25.0 Å². The number of carbonyl (C=O) groups is 2. The molecule has 1 aliphatic heterocycles. The summed E-state index contributed by atoms with van der Waals surface area (Å²) in [5, 5.41) is 4.28. The van der Waals surface area contributed by atoms with Gasteiger partial charge in [-0.15, -0.1) is 11.3 Å². The fourth-order valence-electron chi connectivity index (χ4n) is 3.12. The van der Waals surface area contributed by atoms with Crippen LogP contribution in [0.1, 0.15) is 9.27 Å². The van der Waals surface area contributed by atoms with E-state index >= 15 is 0 Å². The van der Waals surface area contributed by atoms with Crippen LogP contribution in [0.25, 0.3) is 0 Å². The van der Waals surface area contributed by atoms with Gasteiger partial charge in [-0.05, 0) is 42.5 Å². The molecule has 12 heteroatoms. The Hall–Kier alpha value is -3.51. The molecule has 1 fully saturated rings. The average molecular weight is 481 g/mol. The maximum Gasteiger partial charge on any atom is 0.412 e. The van der Waals surface area contributed by atoms with Crippen LogP contribution in [0.2, 0.25) is 0 Å². The predicted octanol–water partition coefficient (Wildman–Crippen LogP) is 3.93. The lowest BCUT2D eigenvalue weighted by molar-refractivity contribution is -0.124. The summed E-state index contributed by atoms with van der Waals surface area (Å²) in [6.07, 6.45) is -0.119. The Morgan fingerprint density at radius 3 is 2.72 bits per heavy atom. The minimum absolute atomic E-state index is 0. The van der Waals surface area contributed by atoms with Crippen molar-refractivity contribution in [2.75, 3.05) is 21.5 Å². The Balaban J connectivity index is 0.00000204. The lowest BCUT2D eigenvalue weighted by Gasteiger charge is -2.17. The van der Waals surface area contributed by atoms with Gasteiger partial charge in [-0.3, -0.25) is 14.8 Å². The Morgan fingerprint density at radius 2 is 2.03 bits per heavy atom. The molecule has 1 saturated heterocycles. The zero-order valence-corrected chi connectivity index (χ0v) is 18.0. The molecule has 0 unspecified atom stereocenters. The second-order valence-corrected chi connectivity index (χ2v) is 9.32. The second-order valence-electron chi connectivity index (χ2n) is 6.74. The van der Waals surface area contributed by atoms with Crippen molar-refractivity contribution in [1.82, 2.24) is 4.98 Å². The van der Waals surface area contributed by atoms with Crippen molar-refractivity contribution in [3.8, 4) is 0 Å². The molecule has 0 saturated carbocycles. The van der Waals surface area contributed by atoms with Gasteiger partial charge in [0.2, 0.25) is 0 Å². The van der Waals surface area contributed by atoms with Crippen LogP contribution < -0.4 is 14.9 Å². The van der Waals surface area contributed by atoms with Crippen molar-refractivity contribution < 1.29 is 30.0 Å². The number of aromatic nitrogens is 1. The highest BCUT2D eigenvalue weighted by Gasteiger charge is 2.35.